The SMILES string of the molecule is C=CC(C=C)=C/C=C(\C)O. The molecule has 0 aliphatic rings. The molecular weight excluding hydrogens is 124 g/mol. The molecule has 1 N–H and O–H groups in total. The summed E-state index contributed by atoms with van der Waals surface area (Å²) in [6, 6.07) is 0. The van der Waals surface area contributed by atoms with Gasteiger partial charge in [-0.15, -0.1) is 0 Å². The molecule has 0 bridgehead atoms. The van der Waals surface area contributed by atoms with Gasteiger partial charge in [0.15, 0.2) is 0 Å². The summed E-state index contributed by atoms with van der Waals surface area (Å²) in [4.78, 5) is 0. The van der Waals surface area contributed by atoms with Gasteiger partial charge in [0.05, 0.1) is 5.76 Å². The van der Waals surface area contributed by atoms with Gasteiger partial charge < -0.3 is 5.11 Å². The molecule has 0 aliphatic heterocycles. The van der Waals surface area contributed by atoms with Crippen LogP contribution in [0.25, 0.3) is 0 Å². The van der Waals surface area contributed by atoms with Crippen molar-refractivity contribution < 1.29 is 5.11 Å². The van der Waals surface area contributed by atoms with Crippen molar-refractivity contribution >= 4 is 0 Å². The van der Waals surface area contributed by atoms with E-state index in [9.17, 15) is 0 Å². The van der Waals surface area contributed by atoms with Gasteiger partial charge in [0.25, 0.3) is 0 Å². The first-order valence-corrected chi connectivity index (χ1v) is 3.03. The van der Waals surface area contributed by atoms with Gasteiger partial charge in [-0.3, -0.25) is 0 Å². The monoisotopic (exact) mass is 136 g/mol. The molecule has 0 radical (unpaired) electrons. The third-order valence-corrected chi connectivity index (χ3v) is 0.988. The maximum atomic E-state index is 8.74. The number of hydrogen-bond donors (Lipinski definition) is 1. The number of aliphatic hydroxyl groups is 1. The smallest absolute Gasteiger partial charge is 0.0891 e. The summed E-state index contributed by atoms with van der Waals surface area (Å²) in [5, 5.41) is 8.74. The van der Waals surface area contributed by atoms with Crippen LogP contribution in [0.1, 0.15) is 6.92 Å². The van der Waals surface area contributed by atoms with E-state index in [0.717, 1.165) is 5.57 Å². The maximum absolute atomic E-state index is 8.74. The summed E-state index contributed by atoms with van der Waals surface area (Å²) in [7, 11) is 0. The predicted molar refractivity (Wildman–Crippen MR) is 44.9 cm³/mol. The van der Waals surface area contributed by atoms with Crippen LogP contribution in [0.15, 0.2) is 48.8 Å². The zero-order valence-corrected chi connectivity index (χ0v) is 6.17. The fraction of sp³-hybridized carbons (Fsp3) is 0.111. The average molecular weight is 136 g/mol. The third kappa shape index (κ3) is 3.72. The number of rotatable bonds is 3. The lowest BCUT2D eigenvalue weighted by molar-refractivity contribution is 0.414. The number of aliphatic hydroxyl groups excluding tert-OH is 1. The summed E-state index contributed by atoms with van der Waals surface area (Å²) < 4.78 is 0. The van der Waals surface area contributed by atoms with Crippen molar-refractivity contribution in [2.75, 3.05) is 0 Å². The molecular formula is C9H12O. The third-order valence-electron chi connectivity index (χ3n) is 0.988. The minimum Gasteiger partial charge on any atom is -0.513 e. The molecule has 0 aromatic heterocycles. The second kappa shape index (κ2) is 4.62. The van der Waals surface area contributed by atoms with Crippen LogP contribution in [-0.4, -0.2) is 5.11 Å². The van der Waals surface area contributed by atoms with Gasteiger partial charge in [0, 0.05) is 0 Å². The second-order valence-electron chi connectivity index (χ2n) is 1.88. The molecule has 0 saturated heterocycles. The van der Waals surface area contributed by atoms with Crippen molar-refractivity contribution in [2.24, 2.45) is 0 Å². The Morgan fingerprint density at radius 2 is 1.70 bits per heavy atom. The highest BCUT2D eigenvalue weighted by atomic mass is 16.3. The molecule has 1 heteroatoms. The van der Waals surface area contributed by atoms with Gasteiger partial charge >= 0.3 is 0 Å². The van der Waals surface area contributed by atoms with E-state index in [1.165, 1.54) is 0 Å². The van der Waals surface area contributed by atoms with Crippen LogP contribution < -0.4 is 0 Å². The minimum absolute atomic E-state index is 0.279. The minimum atomic E-state index is 0.279. The van der Waals surface area contributed by atoms with Gasteiger partial charge in [-0.2, -0.15) is 0 Å². The van der Waals surface area contributed by atoms with Gasteiger partial charge in [-0.1, -0.05) is 31.4 Å². The number of hydrogen-bond acceptors (Lipinski definition) is 1. The molecule has 0 amide bonds. The first-order valence-electron chi connectivity index (χ1n) is 3.03. The molecule has 0 aromatic carbocycles. The summed E-state index contributed by atoms with van der Waals surface area (Å²) in [5.41, 5.74) is 0.897. The quantitative estimate of drug-likeness (QED) is 0.467. The van der Waals surface area contributed by atoms with E-state index in [1.54, 1.807) is 31.2 Å². The fourth-order valence-corrected chi connectivity index (χ4v) is 0.436. The van der Waals surface area contributed by atoms with E-state index in [1.807, 2.05) is 0 Å². The molecule has 0 fully saturated rings. The van der Waals surface area contributed by atoms with E-state index in [2.05, 4.69) is 13.2 Å². The highest BCUT2D eigenvalue weighted by molar-refractivity contribution is 5.31. The Balaban J connectivity index is 4.26. The molecule has 0 aliphatic carbocycles. The highest BCUT2D eigenvalue weighted by Gasteiger charge is 1.79. The maximum Gasteiger partial charge on any atom is 0.0891 e. The molecule has 1 nitrogen and oxygen atoms in total. The van der Waals surface area contributed by atoms with Gasteiger partial charge in [-0.25, -0.2) is 0 Å². The van der Waals surface area contributed by atoms with E-state index < -0.39 is 0 Å². The predicted octanol–water partition coefficient (Wildman–Crippen LogP) is 2.75. The fourth-order valence-electron chi connectivity index (χ4n) is 0.436. The Morgan fingerprint density at radius 1 is 1.20 bits per heavy atom. The molecule has 0 unspecified atom stereocenters. The van der Waals surface area contributed by atoms with Crippen LogP contribution in [0.4, 0.5) is 0 Å². The van der Waals surface area contributed by atoms with Crippen molar-refractivity contribution in [1.82, 2.24) is 0 Å². The van der Waals surface area contributed by atoms with Crippen LogP contribution in [-0.2, 0) is 0 Å². The van der Waals surface area contributed by atoms with E-state index in [4.69, 9.17) is 5.11 Å². The Kier molecular flexibility index (Phi) is 4.05. The van der Waals surface area contributed by atoms with E-state index in [-0.39, 0.29) is 5.76 Å². The zero-order valence-electron chi connectivity index (χ0n) is 6.17. The standard InChI is InChI=1S/C9H12O/c1-4-9(5-2)7-6-8(3)10/h4-7,10H,1-2H2,3H3/b8-6+. The molecule has 0 atom stereocenters. The van der Waals surface area contributed by atoms with Crippen molar-refractivity contribution in [2.45, 2.75) is 6.92 Å². The van der Waals surface area contributed by atoms with Crippen molar-refractivity contribution in [1.29, 1.82) is 0 Å². The Labute approximate surface area is 61.7 Å². The average Bonchev–Trinajstić information content (AvgIpc) is 1.90. The molecule has 0 saturated carbocycles. The number of allylic oxidation sites excluding steroid dienone is 6. The Hall–Kier alpha value is -1.24. The normalized spacial score (nSPS) is 10.3. The highest BCUT2D eigenvalue weighted by Crippen LogP contribution is 1.97. The largest absolute Gasteiger partial charge is 0.513 e. The Bertz CT molecular complexity index is 171. The van der Waals surface area contributed by atoms with Gasteiger partial charge in [0.1, 0.15) is 0 Å². The molecule has 0 heterocycles. The molecule has 0 rings (SSSR count). The molecule has 10 heavy (non-hydrogen) atoms. The van der Waals surface area contributed by atoms with E-state index in [0.29, 0.717) is 0 Å². The lowest BCUT2D eigenvalue weighted by atomic mass is 10.2. The lowest BCUT2D eigenvalue weighted by Gasteiger charge is -1.87. The summed E-state index contributed by atoms with van der Waals surface area (Å²) in [6.07, 6.45) is 6.69. The van der Waals surface area contributed by atoms with Crippen molar-refractivity contribution in [3.8, 4) is 0 Å². The van der Waals surface area contributed by atoms with Crippen molar-refractivity contribution in [3.05, 3.63) is 48.8 Å². The van der Waals surface area contributed by atoms with Crippen LogP contribution >= 0.6 is 0 Å². The van der Waals surface area contributed by atoms with Crippen LogP contribution in [0, 0.1) is 0 Å². The summed E-state index contributed by atoms with van der Waals surface area (Å²) in [6.45, 7) is 8.73. The summed E-state index contributed by atoms with van der Waals surface area (Å²) in [5.74, 6) is 0.279. The Morgan fingerprint density at radius 3 is 2.00 bits per heavy atom. The van der Waals surface area contributed by atoms with Gasteiger partial charge in [-0.05, 0) is 18.6 Å². The second-order valence-corrected chi connectivity index (χ2v) is 1.88. The molecule has 0 spiro atoms. The van der Waals surface area contributed by atoms with Crippen LogP contribution in [0.5, 0.6) is 0 Å². The first kappa shape index (κ1) is 8.76. The van der Waals surface area contributed by atoms with Crippen LogP contribution in [0.2, 0.25) is 0 Å². The summed E-state index contributed by atoms with van der Waals surface area (Å²) >= 11 is 0. The topological polar surface area (TPSA) is 20.2 Å². The van der Waals surface area contributed by atoms with Crippen LogP contribution in [0.3, 0.4) is 0 Å². The lowest BCUT2D eigenvalue weighted by Crippen LogP contribution is -1.69. The molecule has 0 aromatic rings. The van der Waals surface area contributed by atoms with Gasteiger partial charge in [0.2, 0.25) is 0 Å². The zero-order chi connectivity index (χ0) is 7.98. The molecule has 54 valence electrons. The van der Waals surface area contributed by atoms with Crippen molar-refractivity contribution in [3.63, 3.8) is 0 Å². The van der Waals surface area contributed by atoms with E-state index >= 15 is 0 Å². The first-order chi connectivity index (χ1) is 4.70.